The number of anilines is 1. The number of carbonyl (C=O) groups excluding carboxylic acids is 2. The molecule has 1 amide bonds. The van der Waals surface area contributed by atoms with Gasteiger partial charge in [-0.3, -0.25) is 9.59 Å². The van der Waals surface area contributed by atoms with Crippen molar-refractivity contribution in [3.63, 3.8) is 0 Å². The van der Waals surface area contributed by atoms with Gasteiger partial charge >= 0.3 is 5.97 Å². The summed E-state index contributed by atoms with van der Waals surface area (Å²) in [7, 11) is 0. The van der Waals surface area contributed by atoms with Crippen LogP contribution in [-0.4, -0.2) is 36.0 Å². The molecule has 1 atom stereocenters. The first kappa shape index (κ1) is 16.6. The van der Waals surface area contributed by atoms with Crippen molar-refractivity contribution in [3.05, 3.63) is 30.3 Å². The Morgan fingerprint density at radius 2 is 1.90 bits per heavy atom. The quantitative estimate of drug-likeness (QED) is 0.726. The summed E-state index contributed by atoms with van der Waals surface area (Å²) in [6, 6.07) is 9.54. The minimum atomic E-state index is -0.278. The van der Waals surface area contributed by atoms with Crippen LogP contribution in [-0.2, 0) is 14.3 Å². The number of hydrogen-bond acceptors (Lipinski definition) is 4. The number of rotatable bonds is 7. The van der Waals surface area contributed by atoms with Crippen LogP contribution in [0.5, 0.6) is 0 Å². The molecule has 0 aliphatic heterocycles. The lowest BCUT2D eigenvalue weighted by Gasteiger charge is -2.24. The zero-order chi connectivity index (χ0) is 15.0. The Morgan fingerprint density at radius 1 is 1.25 bits per heavy atom. The third-order valence-electron chi connectivity index (χ3n) is 2.75. The molecule has 1 aromatic rings. The average Bonchev–Trinajstić information content (AvgIpc) is 2.47. The molecule has 0 saturated heterocycles. The topological polar surface area (TPSA) is 46.6 Å². The van der Waals surface area contributed by atoms with Gasteiger partial charge in [0.2, 0.25) is 5.91 Å². The lowest BCUT2D eigenvalue weighted by molar-refractivity contribution is -0.139. The lowest BCUT2D eigenvalue weighted by Crippen LogP contribution is -2.36. The van der Waals surface area contributed by atoms with E-state index in [0.29, 0.717) is 13.2 Å². The van der Waals surface area contributed by atoms with E-state index in [9.17, 15) is 9.59 Å². The summed E-state index contributed by atoms with van der Waals surface area (Å²) in [5, 5.41) is -0.278. The molecule has 1 aromatic carbocycles. The molecule has 5 heteroatoms. The first-order valence-electron chi connectivity index (χ1n) is 6.73. The van der Waals surface area contributed by atoms with Gasteiger partial charge in [0, 0.05) is 12.2 Å². The Balaban J connectivity index is 2.60. The van der Waals surface area contributed by atoms with Gasteiger partial charge in [0.1, 0.15) is 0 Å². The lowest BCUT2D eigenvalue weighted by atomic mass is 10.2. The number of para-hydroxylation sites is 1. The SMILES string of the molecule is CCOC(=O)CSC(C)C(=O)N(CC)c1ccccc1. The van der Waals surface area contributed by atoms with Crippen molar-refractivity contribution in [2.75, 3.05) is 23.8 Å². The largest absolute Gasteiger partial charge is 0.465 e. The minimum Gasteiger partial charge on any atom is -0.465 e. The smallest absolute Gasteiger partial charge is 0.315 e. The third-order valence-corrected chi connectivity index (χ3v) is 3.86. The van der Waals surface area contributed by atoms with Gasteiger partial charge in [-0.25, -0.2) is 0 Å². The monoisotopic (exact) mass is 295 g/mol. The number of carbonyl (C=O) groups is 2. The summed E-state index contributed by atoms with van der Waals surface area (Å²) in [5.41, 5.74) is 0.878. The second-order valence-electron chi connectivity index (χ2n) is 4.18. The van der Waals surface area contributed by atoms with Crippen molar-refractivity contribution in [1.82, 2.24) is 0 Å². The van der Waals surface area contributed by atoms with Crippen LogP contribution in [0.4, 0.5) is 5.69 Å². The number of ether oxygens (including phenoxy) is 1. The predicted molar refractivity (Wildman–Crippen MR) is 83.0 cm³/mol. The molecule has 0 aliphatic rings. The standard InChI is InChI=1S/C15H21NO3S/c1-4-16(13-9-7-6-8-10-13)15(18)12(3)20-11-14(17)19-5-2/h6-10,12H,4-5,11H2,1-3H3. The highest BCUT2D eigenvalue weighted by Crippen LogP contribution is 2.19. The number of thioether (sulfide) groups is 1. The number of amides is 1. The molecule has 0 bridgehead atoms. The molecule has 1 rings (SSSR count). The second-order valence-corrected chi connectivity index (χ2v) is 5.51. The fourth-order valence-corrected chi connectivity index (χ4v) is 2.50. The van der Waals surface area contributed by atoms with Crippen LogP contribution < -0.4 is 4.90 Å². The van der Waals surface area contributed by atoms with E-state index >= 15 is 0 Å². The Bertz CT molecular complexity index is 436. The summed E-state index contributed by atoms with van der Waals surface area (Å²) >= 11 is 1.31. The number of hydrogen-bond donors (Lipinski definition) is 0. The van der Waals surface area contributed by atoms with E-state index in [1.807, 2.05) is 44.2 Å². The molecule has 0 radical (unpaired) electrons. The van der Waals surface area contributed by atoms with Gasteiger partial charge in [0.15, 0.2) is 0 Å². The van der Waals surface area contributed by atoms with E-state index in [-0.39, 0.29) is 22.9 Å². The molecule has 0 spiro atoms. The van der Waals surface area contributed by atoms with E-state index in [2.05, 4.69) is 0 Å². The minimum absolute atomic E-state index is 0.00741. The highest BCUT2D eigenvalue weighted by atomic mass is 32.2. The maximum Gasteiger partial charge on any atom is 0.315 e. The molecule has 0 saturated carbocycles. The average molecular weight is 295 g/mol. The first-order chi connectivity index (χ1) is 9.60. The van der Waals surface area contributed by atoms with Gasteiger partial charge in [-0.05, 0) is 32.9 Å². The van der Waals surface area contributed by atoms with Crippen LogP contribution >= 0.6 is 11.8 Å². The molecule has 0 fully saturated rings. The van der Waals surface area contributed by atoms with Gasteiger partial charge < -0.3 is 9.64 Å². The number of nitrogens with zero attached hydrogens (tertiary/aromatic N) is 1. The highest BCUT2D eigenvalue weighted by Gasteiger charge is 2.21. The second kappa shape index (κ2) is 8.64. The van der Waals surface area contributed by atoms with E-state index in [4.69, 9.17) is 4.74 Å². The summed E-state index contributed by atoms with van der Waals surface area (Å²) in [6.45, 7) is 6.50. The van der Waals surface area contributed by atoms with E-state index in [0.717, 1.165) is 5.69 Å². The van der Waals surface area contributed by atoms with E-state index < -0.39 is 0 Å². The van der Waals surface area contributed by atoms with Crippen LogP contribution in [0.25, 0.3) is 0 Å². The molecular formula is C15H21NO3S. The number of esters is 1. The Kier molecular flexibility index (Phi) is 7.15. The van der Waals surface area contributed by atoms with Crippen molar-refractivity contribution in [2.45, 2.75) is 26.0 Å². The maximum atomic E-state index is 12.4. The fraction of sp³-hybridized carbons (Fsp3) is 0.467. The van der Waals surface area contributed by atoms with Gasteiger partial charge in [0.05, 0.1) is 17.6 Å². The normalized spacial score (nSPS) is 11.8. The molecule has 0 N–H and O–H groups in total. The fourth-order valence-electron chi connectivity index (χ4n) is 1.76. The van der Waals surface area contributed by atoms with Crippen LogP contribution in [0.3, 0.4) is 0 Å². The van der Waals surface area contributed by atoms with Crippen molar-refractivity contribution < 1.29 is 14.3 Å². The Morgan fingerprint density at radius 3 is 2.45 bits per heavy atom. The first-order valence-corrected chi connectivity index (χ1v) is 7.78. The van der Waals surface area contributed by atoms with Crippen LogP contribution in [0.2, 0.25) is 0 Å². The van der Waals surface area contributed by atoms with Crippen molar-refractivity contribution in [3.8, 4) is 0 Å². The zero-order valence-electron chi connectivity index (χ0n) is 12.2. The molecule has 1 unspecified atom stereocenters. The highest BCUT2D eigenvalue weighted by molar-refractivity contribution is 8.01. The molecule has 20 heavy (non-hydrogen) atoms. The van der Waals surface area contributed by atoms with Gasteiger partial charge in [-0.15, -0.1) is 11.8 Å². The van der Waals surface area contributed by atoms with Crippen molar-refractivity contribution in [1.29, 1.82) is 0 Å². The van der Waals surface area contributed by atoms with Gasteiger partial charge in [-0.1, -0.05) is 18.2 Å². The van der Waals surface area contributed by atoms with Crippen LogP contribution in [0.15, 0.2) is 30.3 Å². The van der Waals surface area contributed by atoms with E-state index in [1.54, 1.807) is 11.8 Å². The third kappa shape index (κ3) is 4.89. The Labute approximate surface area is 124 Å². The van der Waals surface area contributed by atoms with Gasteiger partial charge in [-0.2, -0.15) is 0 Å². The summed E-state index contributed by atoms with van der Waals surface area (Å²) in [5.74, 6) is -0.0690. The molecular weight excluding hydrogens is 274 g/mol. The zero-order valence-corrected chi connectivity index (χ0v) is 13.0. The van der Waals surface area contributed by atoms with Crippen molar-refractivity contribution >= 4 is 29.3 Å². The molecule has 0 aromatic heterocycles. The van der Waals surface area contributed by atoms with Crippen molar-refractivity contribution in [2.24, 2.45) is 0 Å². The molecule has 110 valence electrons. The predicted octanol–water partition coefficient (Wildman–Crippen LogP) is 2.72. The summed E-state index contributed by atoms with van der Waals surface area (Å²) < 4.78 is 4.86. The Hall–Kier alpha value is -1.49. The summed E-state index contributed by atoms with van der Waals surface area (Å²) in [6.07, 6.45) is 0. The summed E-state index contributed by atoms with van der Waals surface area (Å²) in [4.78, 5) is 25.4. The molecule has 4 nitrogen and oxygen atoms in total. The molecule has 0 heterocycles. The molecule has 0 aliphatic carbocycles. The van der Waals surface area contributed by atoms with E-state index in [1.165, 1.54) is 11.8 Å². The van der Waals surface area contributed by atoms with Crippen LogP contribution in [0, 0.1) is 0 Å². The van der Waals surface area contributed by atoms with Crippen LogP contribution in [0.1, 0.15) is 20.8 Å². The maximum absolute atomic E-state index is 12.4. The van der Waals surface area contributed by atoms with Gasteiger partial charge in [0.25, 0.3) is 0 Å². The number of benzene rings is 1.